The highest BCUT2D eigenvalue weighted by atomic mass is 16.6. The van der Waals surface area contributed by atoms with Gasteiger partial charge in [0, 0.05) is 12.3 Å². The molecule has 0 saturated carbocycles. The number of hydrogen-bond acceptors (Lipinski definition) is 6. The van der Waals surface area contributed by atoms with E-state index in [9.17, 15) is 14.9 Å². The molecular formula is C12H10N4O4. The predicted molar refractivity (Wildman–Crippen MR) is 69.4 cm³/mol. The van der Waals surface area contributed by atoms with Gasteiger partial charge in [0.15, 0.2) is 0 Å². The van der Waals surface area contributed by atoms with Crippen molar-refractivity contribution in [3.63, 3.8) is 0 Å². The van der Waals surface area contributed by atoms with Crippen molar-refractivity contribution in [1.82, 2.24) is 9.97 Å². The Kier molecular flexibility index (Phi) is 3.85. The van der Waals surface area contributed by atoms with Crippen LogP contribution in [0.15, 0.2) is 36.7 Å². The van der Waals surface area contributed by atoms with Gasteiger partial charge in [-0.05, 0) is 12.1 Å². The topological polar surface area (TPSA) is 118 Å². The molecule has 0 aromatic carbocycles. The number of nitrogens with zero attached hydrogens (tertiary/aromatic N) is 3. The minimum Gasteiger partial charge on any atom is -0.477 e. The number of aromatic carboxylic acids is 1. The summed E-state index contributed by atoms with van der Waals surface area (Å²) in [6.45, 7) is 0.338. The van der Waals surface area contributed by atoms with Gasteiger partial charge < -0.3 is 10.4 Å². The average Bonchev–Trinajstić information content (AvgIpc) is 2.45. The molecule has 0 unspecified atom stereocenters. The standard InChI is InChI=1S/C12H10N4O4/c17-12(18)9-5-11(15-7-10(9)16(19)20)14-6-8-3-1-2-4-13-8/h1-5,7H,6H2,(H,14,15)(H,17,18). The third kappa shape index (κ3) is 3.05. The van der Waals surface area contributed by atoms with Crippen LogP contribution in [-0.2, 0) is 6.54 Å². The lowest BCUT2D eigenvalue weighted by atomic mass is 10.2. The van der Waals surface area contributed by atoms with Crippen LogP contribution >= 0.6 is 0 Å². The Morgan fingerprint density at radius 2 is 2.20 bits per heavy atom. The number of nitro groups is 1. The van der Waals surface area contributed by atoms with Crippen molar-refractivity contribution >= 4 is 17.5 Å². The first-order valence-electron chi connectivity index (χ1n) is 5.59. The van der Waals surface area contributed by atoms with E-state index in [2.05, 4.69) is 15.3 Å². The highest BCUT2D eigenvalue weighted by Gasteiger charge is 2.20. The minimum absolute atomic E-state index is 0.235. The zero-order valence-electron chi connectivity index (χ0n) is 10.2. The second-order valence-electron chi connectivity index (χ2n) is 3.82. The Morgan fingerprint density at radius 3 is 2.80 bits per heavy atom. The lowest BCUT2D eigenvalue weighted by molar-refractivity contribution is -0.385. The van der Waals surface area contributed by atoms with E-state index >= 15 is 0 Å². The molecule has 0 aliphatic rings. The molecular weight excluding hydrogens is 264 g/mol. The molecule has 0 bridgehead atoms. The van der Waals surface area contributed by atoms with Crippen LogP contribution in [0.5, 0.6) is 0 Å². The van der Waals surface area contributed by atoms with Gasteiger partial charge in [-0.25, -0.2) is 9.78 Å². The zero-order chi connectivity index (χ0) is 14.5. The molecule has 20 heavy (non-hydrogen) atoms. The van der Waals surface area contributed by atoms with Crippen molar-refractivity contribution < 1.29 is 14.8 Å². The molecule has 0 atom stereocenters. The summed E-state index contributed by atoms with van der Waals surface area (Å²) in [5.41, 5.74) is -0.209. The molecule has 0 saturated heterocycles. The maximum Gasteiger partial charge on any atom is 0.342 e. The van der Waals surface area contributed by atoms with E-state index in [1.165, 1.54) is 0 Å². The summed E-state index contributed by atoms with van der Waals surface area (Å²) in [6.07, 6.45) is 2.55. The van der Waals surface area contributed by atoms with Crippen molar-refractivity contribution in [3.8, 4) is 0 Å². The summed E-state index contributed by atoms with van der Waals surface area (Å²) in [5, 5.41) is 22.5. The number of hydrogen-bond donors (Lipinski definition) is 2. The molecule has 102 valence electrons. The molecule has 0 spiro atoms. The lowest BCUT2D eigenvalue weighted by Gasteiger charge is -2.06. The molecule has 8 nitrogen and oxygen atoms in total. The van der Waals surface area contributed by atoms with E-state index in [-0.39, 0.29) is 5.82 Å². The SMILES string of the molecule is O=C(O)c1cc(NCc2ccccn2)ncc1[N+](=O)[O-]. The normalized spacial score (nSPS) is 10.0. The van der Waals surface area contributed by atoms with Crippen molar-refractivity contribution in [2.24, 2.45) is 0 Å². The third-order valence-corrected chi connectivity index (χ3v) is 2.49. The van der Waals surface area contributed by atoms with Crippen LogP contribution in [0.25, 0.3) is 0 Å². The van der Waals surface area contributed by atoms with Gasteiger partial charge in [0.1, 0.15) is 17.6 Å². The molecule has 0 fully saturated rings. The Bertz CT molecular complexity index is 645. The fourth-order valence-corrected chi connectivity index (χ4v) is 1.55. The summed E-state index contributed by atoms with van der Waals surface area (Å²) < 4.78 is 0. The smallest absolute Gasteiger partial charge is 0.342 e. The molecule has 2 N–H and O–H groups in total. The van der Waals surface area contributed by atoms with Gasteiger partial charge in [0.05, 0.1) is 17.2 Å². The molecule has 2 rings (SSSR count). The molecule has 0 aliphatic heterocycles. The van der Waals surface area contributed by atoms with Gasteiger partial charge in [-0.1, -0.05) is 6.07 Å². The third-order valence-electron chi connectivity index (χ3n) is 2.49. The summed E-state index contributed by atoms with van der Waals surface area (Å²) in [7, 11) is 0. The average molecular weight is 274 g/mol. The van der Waals surface area contributed by atoms with Crippen molar-refractivity contribution in [2.45, 2.75) is 6.54 Å². The number of carboxylic acid groups (broad SMARTS) is 1. The van der Waals surface area contributed by atoms with Crippen LogP contribution in [0.3, 0.4) is 0 Å². The van der Waals surface area contributed by atoms with Crippen molar-refractivity contribution in [1.29, 1.82) is 0 Å². The second-order valence-corrected chi connectivity index (χ2v) is 3.82. The van der Waals surface area contributed by atoms with Gasteiger partial charge >= 0.3 is 11.7 Å². The first-order valence-corrected chi connectivity index (χ1v) is 5.59. The van der Waals surface area contributed by atoms with Crippen LogP contribution in [0.1, 0.15) is 16.1 Å². The molecule has 2 heterocycles. The predicted octanol–water partition coefficient (Wildman–Crippen LogP) is 1.70. The maximum absolute atomic E-state index is 11.0. The first-order chi connectivity index (χ1) is 9.58. The molecule has 2 aromatic heterocycles. The van der Waals surface area contributed by atoms with Crippen LogP contribution in [0.2, 0.25) is 0 Å². The summed E-state index contributed by atoms with van der Waals surface area (Å²) >= 11 is 0. The molecule has 0 amide bonds. The van der Waals surface area contributed by atoms with Gasteiger partial charge in [0.2, 0.25) is 0 Å². The van der Waals surface area contributed by atoms with Crippen LogP contribution in [0, 0.1) is 10.1 Å². The van der Waals surface area contributed by atoms with E-state index in [0.717, 1.165) is 18.0 Å². The summed E-state index contributed by atoms with van der Waals surface area (Å²) in [4.78, 5) is 28.8. The van der Waals surface area contributed by atoms with E-state index in [0.29, 0.717) is 6.54 Å². The largest absolute Gasteiger partial charge is 0.477 e. The lowest BCUT2D eigenvalue weighted by Crippen LogP contribution is -2.07. The fraction of sp³-hybridized carbons (Fsp3) is 0.0833. The van der Waals surface area contributed by atoms with Crippen LogP contribution in [0.4, 0.5) is 11.5 Å². The number of rotatable bonds is 5. The van der Waals surface area contributed by atoms with Crippen LogP contribution < -0.4 is 5.32 Å². The number of carboxylic acids is 1. The quantitative estimate of drug-likeness (QED) is 0.629. The molecule has 0 aliphatic carbocycles. The number of nitrogens with one attached hydrogen (secondary N) is 1. The number of aromatic nitrogens is 2. The first kappa shape index (κ1) is 13.4. The minimum atomic E-state index is -1.38. The molecule has 2 aromatic rings. The Balaban J connectivity index is 2.19. The van der Waals surface area contributed by atoms with E-state index in [1.54, 1.807) is 18.3 Å². The maximum atomic E-state index is 11.0. The van der Waals surface area contributed by atoms with E-state index < -0.39 is 22.1 Å². The fourth-order valence-electron chi connectivity index (χ4n) is 1.55. The van der Waals surface area contributed by atoms with Gasteiger partial charge in [-0.15, -0.1) is 0 Å². The van der Waals surface area contributed by atoms with E-state index in [4.69, 9.17) is 5.11 Å². The van der Waals surface area contributed by atoms with Crippen molar-refractivity contribution in [3.05, 3.63) is 58.0 Å². The number of anilines is 1. The van der Waals surface area contributed by atoms with E-state index in [1.807, 2.05) is 6.07 Å². The van der Waals surface area contributed by atoms with Crippen LogP contribution in [-0.4, -0.2) is 26.0 Å². The summed E-state index contributed by atoms with van der Waals surface area (Å²) in [6, 6.07) is 6.51. The van der Waals surface area contributed by atoms with Gasteiger partial charge in [-0.2, -0.15) is 0 Å². The number of carbonyl (C=O) groups is 1. The molecule has 0 radical (unpaired) electrons. The molecule has 8 heteroatoms. The Hall–Kier alpha value is -3.03. The monoisotopic (exact) mass is 274 g/mol. The highest BCUT2D eigenvalue weighted by molar-refractivity contribution is 5.93. The highest BCUT2D eigenvalue weighted by Crippen LogP contribution is 2.20. The summed E-state index contributed by atoms with van der Waals surface area (Å²) in [5.74, 6) is -1.14. The number of pyridine rings is 2. The van der Waals surface area contributed by atoms with Crippen molar-refractivity contribution in [2.75, 3.05) is 5.32 Å². The second kappa shape index (κ2) is 5.74. The Morgan fingerprint density at radius 1 is 1.40 bits per heavy atom. The Labute approximate surface area is 113 Å². The van der Waals surface area contributed by atoms with Gasteiger partial charge in [0.25, 0.3) is 0 Å². The zero-order valence-corrected chi connectivity index (χ0v) is 10.2. The van der Waals surface area contributed by atoms with Gasteiger partial charge in [-0.3, -0.25) is 15.1 Å².